The summed E-state index contributed by atoms with van der Waals surface area (Å²) in [6.07, 6.45) is 4.78. The number of methoxy groups -OCH3 is 1. The molecule has 5 nitrogen and oxygen atoms in total. The number of likely N-dealkylation sites (tertiary alicyclic amines) is 1. The van der Waals surface area contributed by atoms with Crippen LogP contribution >= 0.6 is 15.9 Å². The van der Waals surface area contributed by atoms with Gasteiger partial charge in [-0.15, -0.1) is 0 Å². The fourth-order valence-corrected chi connectivity index (χ4v) is 7.53. The van der Waals surface area contributed by atoms with Crippen LogP contribution in [0.3, 0.4) is 0 Å². The smallest absolute Gasteiger partial charge is 0.148 e. The summed E-state index contributed by atoms with van der Waals surface area (Å²) in [7, 11) is 1.74. The first-order chi connectivity index (χ1) is 17.1. The maximum absolute atomic E-state index is 7.09. The Kier molecular flexibility index (Phi) is 5.02. The van der Waals surface area contributed by atoms with Crippen molar-refractivity contribution in [3.05, 3.63) is 88.2 Å². The van der Waals surface area contributed by atoms with Crippen molar-refractivity contribution >= 4 is 15.9 Å². The Morgan fingerprint density at radius 1 is 1.06 bits per heavy atom. The summed E-state index contributed by atoms with van der Waals surface area (Å²) in [6, 6.07) is 19.6. The Labute approximate surface area is 214 Å². The van der Waals surface area contributed by atoms with Gasteiger partial charge in [0.15, 0.2) is 0 Å². The molecule has 0 N–H and O–H groups in total. The van der Waals surface area contributed by atoms with Crippen LogP contribution in [0.15, 0.2) is 71.5 Å². The lowest BCUT2D eigenvalue weighted by Gasteiger charge is -2.56. The molecule has 1 saturated carbocycles. The van der Waals surface area contributed by atoms with E-state index in [1.807, 2.05) is 12.4 Å². The number of pyridine rings is 1. The van der Waals surface area contributed by atoms with E-state index >= 15 is 0 Å². The topological polar surface area (TPSA) is 43.8 Å². The Balaban J connectivity index is 1.37. The number of halogens is 1. The van der Waals surface area contributed by atoms with Gasteiger partial charge in [0.2, 0.25) is 0 Å². The molecule has 4 heterocycles. The predicted octanol–water partition coefficient (Wildman–Crippen LogP) is 5.36. The van der Waals surface area contributed by atoms with Crippen molar-refractivity contribution in [1.29, 1.82) is 0 Å². The predicted molar refractivity (Wildman–Crippen MR) is 137 cm³/mol. The molecule has 0 radical (unpaired) electrons. The number of nitrogens with zero attached hydrogens (tertiary/aromatic N) is 2. The lowest BCUT2D eigenvalue weighted by molar-refractivity contribution is -0.191. The highest BCUT2D eigenvalue weighted by Gasteiger charge is 2.64. The van der Waals surface area contributed by atoms with Crippen molar-refractivity contribution in [3.8, 4) is 11.5 Å². The van der Waals surface area contributed by atoms with E-state index in [4.69, 9.17) is 14.2 Å². The molecule has 35 heavy (non-hydrogen) atoms. The lowest BCUT2D eigenvalue weighted by atomic mass is 9.72. The molecule has 1 aromatic heterocycles. The van der Waals surface area contributed by atoms with Gasteiger partial charge in [-0.3, -0.25) is 4.98 Å². The van der Waals surface area contributed by atoms with Crippen molar-refractivity contribution in [2.75, 3.05) is 40.0 Å². The zero-order valence-corrected chi connectivity index (χ0v) is 21.4. The number of fused-ring (bicyclic) bond motifs is 3. The zero-order valence-electron chi connectivity index (χ0n) is 19.8. The largest absolute Gasteiger partial charge is 0.495 e. The van der Waals surface area contributed by atoms with Crippen LogP contribution in [-0.2, 0) is 10.3 Å². The molecule has 4 unspecified atom stereocenters. The Bertz CT molecular complexity index is 1240. The maximum Gasteiger partial charge on any atom is 0.148 e. The molecule has 4 aliphatic rings. The molecule has 1 aliphatic carbocycles. The van der Waals surface area contributed by atoms with Crippen molar-refractivity contribution in [1.82, 2.24) is 9.88 Å². The molecule has 2 aromatic carbocycles. The van der Waals surface area contributed by atoms with E-state index in [9.17, 15) is 0 Å². The number of rotatable bonds is 5. The molecule has 4 atom stereocenters. The molecular formula is C29H29BrN2O3. The summed E-state index contributed by atoms with van der Waals surface area (Å²) in [4.78, 5) is 7.08. The van der Waals surface area contributed by atoms with Gasteiger partial charge in [-0.1, -0.05) is 58.4 Å². The van der Waals surface area contributed by atoms with E-state index in [1.54, 1.807) is 7.11 Å². The monoisotopic (exact) mass is 532 g/mol. The van der Waals surface area contributed by atoms with Crippen molar-refractivity contribution in [2.24, 2.45) is 11.3 Å². The third kappa shape index (κ3) is 3.23. The van der Waals surface area contributed by atoms with Crippen LogP contribution in [0.4, 0.5) is 0 Å². The van der Waals surface area contributed by atoms with Crippen molar-refractivity contribution in [2.45, 2.75) is 23.9 Å². The van der Waals surface area contributed by atoms with E-state index in [1.165, 1.54) is 16.7 Å². The van der Waals surface area contributed by atoms with Crippen molar-refractivity contribution in [3.63, 3.8) is 0 Å². The Morgan fingerprint density at radius 2 is 1.83 bits per heavy atom. The van der Waals surface area contributed by atoms with E-state index in [2.05, 4.69) is 80.4 Å². The fourth-order valence-electron chi connectivity index (χ4n) is 7.27. The second-order valence-electron chi connectivity index (χ2n) is 10.8. The third-order valence-corrected chi connectivity index (χ3v) is 9.17. The minimum absolute atomic E-state index is 0.177. The van der Waals surface area contributed by atoms with E-state index in [0.717, 1.165) is 55.2 Å². The van der Waals surface area contributed by atoms with Crippen LogP contribution in [0.5, 0.6) is 11.5 Å². The average Bonchev–Trinajstić information content (AvgIpc) is 3.34. The zero-order chi connectivity index (χ0) is 23.6. The van der Waals surface area contributed by atoms with Gasteiger partial charge in [-0.25, -0.2) is 0 Å². The van der Waals surface area contributed by atoms with Gasteiger partial charge < -0.3 is 19.1 Å². The summed E-state index contributed by atoms with van der Waals surface area (Å²) >= 11 is 3.63. The van der Waals surface area contributed by atoms with Gasteiger partial charge in [0.05, 0.1) is 32.7 Å². The normalized spacial score (nSPS) is 30.2. The molecule has 1 spiro atoms. The number of ether oxygens (including phenoxy) is 3. The quantitative estimate of drug-likeness (QED) is 0.442. The molecule has 2 saturated heterocycles. The second-order valence-corrected chi connectivity index (χ2v) is 11.7. The highest BCUT2D eigenvalue weighted by Crippen LogP contribution is 2.68. The number of aromatic nitrogens is 1. The van der Waals surface area contributed by atoms with Gasteiger partial charge in [-0.2, -0.15) is 0 Å². The summed E-state index contributed by atoms with van der Waals surface area (Å²) < 4.78 is 19.6. The molecule has 3 aliphatic heterocycles. The van der Waals surface area contributed by atoms with E-state index in [0.29, 0.717) is 11.3 Å². The average molecular weight is 533 g/mol. The Morgan fingerprint density at radius 3 is 2.51 bits per heavy atom. The van der Waals surface area contributed by atoms with Gasteiger partial charge >= 0.3 is 0 Å². The molecule has 7 rings (SSSR count). The van der Waals surface area contributed by atoms with Crippen LogP contribution in [0.1, 0.15) is 34.9 Å². The third-order valence-electron chi connectivity index (χ3n) is 8.64. The maximum atomic E-state index is 7.09. The van der Waals surface area contributed by atoms with Crippen molar-refractivity contribution < 1.29 is 14.2 Å². The summed E-state index contributed by atoms with van der Waals surface area (Å²) in [5.74, 6) is 2.52. The molecule has 6 heteroatoms. The molecular weight excluding hydrogens is 504 g/mol. The minimum Gasteiger partial charge on any atom is -0.495 e. The van der Waals surface area contributed by atoms with Crippen LogP contribution in [-0.4, -0.2) is 49.8 Å². The fraction of sp³-hybridized carbons (Fsp3) is 0.414. The summed E-state index contributed by atoms with van der Waals surface area (Å²) in [6.45, 7) is 5.16. The second kappa shape index (κ2) is 8.05. The molecule has 3 aromatic rings. The first-order valence-corrected chi connectivity index (χ1v) is 13.2. The SMILES string of the molecule is COc1cncc2c1C1C(CN3CC4(COC4)C3)CC(c3ccccc3)C1(c1ccc(Br)cc1)O2. The molecule has 0 bridgehead atoms. The van der Waals surface area contributed by atoms with Crippen LogP contribution in [0.2, 0.25) is 0 Å². The molecule has 180 valence electrons. The van der Waals surface area contributed by atoms with Crippen LogP contribution in [0.25, 0.3) is 0 Å². The highest BCUT2D eigenvalue weighted by atomic mass is 79.9. The van der Waals surface area contributed by atoms with E-state index in [-0.39, 0.29) is 11.8 Å². The summed E-state index contributed by atoms with van der Waals surface area (Å²) in [5, 5.41) is 0. The first-order valence-electron chi connectivity index (χ1n) is 12.4. The first kappa shape index (κ1) is 21.8. The number of benzene rings is 2. The molecule has 0 amide bonds. The Hall–Kier alpha value is -2.41. The van der Waals surface area contributed by atoms with E-state index < -0.39 is 5.60 Å². The lowest BCUT2D eigenvalue weighted by Crippen LogP contribution is -2.66. The standard InChI is InChI=1S/C29H29BrN2O3/c1-33-24-12-31-13-25-26(24)27-20(14-32-15-28(16-32)17-34-18-28)11-23(19-5-3-2-4-6-19)29(27,35-25)21-7-9-22(30)10-8-21/h2-10,12-13,20,23,27H,11,14-18H2,1H3. The van der Waals surface area contributed by atoms with Crippen LogP contribution < -0.4 is 9.47 Å². The molecule has 3 fully saturated rings. The van der Waals surface area contributed by atoms with Gasteiger partial charge in [0.1, 0.15) is 17.1 Å². The van der Waals surface area contributed by atoms with Gasteiger partial charge in [0.25, 0.3) is 0 Å². The summed E-state index contributed by atoms with van der Waals surface area (Å²) in [5.41, 5.74) is 3.62. The van der Waals surface area contributed by atoms with Gasteiger partial charge in [-0.05, 0) is 35.6 Å². The number of hydrogen-bond donors (Lipinski definition) is 0. The number of hydrogen-bond acceptors (Lipinski definition) is 5. The highest BCUT2D eigenvalue weighted by molar-refractivity contribution is 9.10. The van der Waals surface area contributed by atoms with Crippen LogP contribution in [0, 0.1) is 11.3 Å². The minimum atomic E-state index is -0.506. The van der Waals surface area contributed by atoms with Gasteiger partial charge in [0, 0.05) is 46.9 Å².